The van der Waals surface area contributed by atoms with E-state index in [1.54, 1.807) is 30.3 Å². The second-order valence-electron chi connectivity index (χ2n) is 23.3. The first-order valence-corrected chi connectivity index (χ1v) is 36.3. The molecule has 3 saturated heterocycles. The number of phenolic OH excluding ortho intramolecular Hbond substituents is 1. The summed E-state index contributed by atoms with van der Waals surface area (Å²) in [5.41, 5.74) is 24.7. The smallest absolute Gasteiger partial charge is 0.305 e. The zero-order valence-electron chi connectivity index (χ0n) is 53.7. The highest BCUT2D eigenvalue weighted by Gasteiger charge is 2.41. The highest BCUT2D eigenvalue weighted by molar-refractivity contribution is 8.77. The molecule has 39 heteroatoms. The van der Waals surface area contributed by atoms with Gasteiger partial charge in [-0.2, -0.15) is 0 Å². The molecule has 3 fully saturated rings. The maximum absolute atomic E-state index is 14.9. The van der Waals surface area contributed by atoms with Crippen LogP contribution >= 0.6 is 43.2 Å². The van der Waals surface area contributed by atoms with E-state index in [-0.39, 0.29) is 68.9 Å². The summed E-state index contributed by atoms with van der Waals surface area (Å²) in [5.74, 6) is -17.5. The molecular weight excluding hydrogens is 1370 g/mol. The molecule has 22 N–H and O–H groups in total. The van der Waals surface area contributed by atoms with Crippen LogP contribution in [-0.4, -0.2) is 229 Å². The lowest BCUT2D eigenvalue weighted by Crippen LogP contribution is -2.61. The van der Waals surface area contributed by atoms with Gasteiger partial charge in [-0.25, -0.2) is 4.98 Å². The van der Waals surface area contributed by atoms with Gasteiger partial charge in [-0.15, -0.1) is 0 Å². The fourth-order valence-corrected chi connectivity index (χ4v) is 14.9. The van der Waals surface area contributed by atoms with Crippen LogP contribution in [0.2, 0.25) is 0 Å². The molecule has 3 aliphatic heterocycles. The van der Waals surface area contributed by atoms with Crippen molar-refractivity contribution in [2.45, 2.75) is 144 Å². The van der Waals surface area contributed by atoms with Gasteiger partial charge in [0.2, 0.25) is 82.7 Å². The van der Waals surface area contributed by atoms with Gasteiger partial charge >= 0.3 is 5.97 Å². The summed E-state index contributed by atoms with van der Waals surface area (Å²) in [6, 6.07) is -5.12. The van der Waals surface area contributed by atoms with Gasteiger partial charge in [0.25, 0.3) is 0 Å². The van der Waals surface area contributed by atoms with Crippen LogP contribution in [-0.2, 0) is 91.2 Å². The van der Waals surface area contributed by atoms with E-state index in [0.29, 0.717) is 29.7 Å². The Morgan fingerprint density at radius 1 is 0.636 bits per heavy atom. The Bertz CT molecular complexity index is 3380. The van der Waals surface area contributed by atoms with Crippen molar-refractivity contribution in [2.24, 2.45) is 22.9 Å². The van der Waals surface area contributed by atoms with Crippen LogP contribution in [0.4, 0.5) is 0 Å². The van der Waals surface area contributed by atoms with Gasteiger partial charge in [-0.05, 0) is 75.3 Å². The molecule has 0 radical (unpaired) electrons. The van der Waals surface area contributed by atoms with Crippen LogP contribution in [0.25, 0.3) is 0 Å². The van der Waals surface area contributed by atoms with Crippen molar-refractivity contribution in [2.75, 3.05) is 42.6 Å². The molecule has 1 aromatic heterocycles. The Morgan fingerprint density at radius 2 is 1.24 bits per heavy atom. The molecule has 14 amide bonds. The molecule has 0 saturated carbocycles. The monoisotopic (exact) mass is 1450 g/mol. The quantitative estimate of drug-likeness (QED) is 0.0442. The van der Waals surface area contributed by atoms with Gasteiger partial charge in [0, 0.05) is 54.3 Å². The van der Waals surface area contributed by atoms with E-state index in [2.05, 4.69) is 68.5 Å². The lowest BCUT2D eigenvalue weighted by atomic mass is 10.0. The minimum atomic E-state index is -1.99. The van der Waals surface area contributed by atoms with E-state index in [0.717, 1.165) is 43.2 Å². The average molecular weight is 1460 g/mol. The first-order valence-electron chi connectivity index (χ1n) is 31.3. The molecule has 2 aromatic carbocycles. The van der Waals surface area contributed by atoms with Gasteiger partial charge in [-0.3, -0.25) is 71.9 Å². The van der Waals surface area contributed by atoms with Crippen LogP contribution < -0.4 is 81.4 Å². The van der Waals surface area contributed by atoms with Crippen molar-refractivity contribution >= 4 is 132 Å². The van der Waals surface area contributed by atoms with Crippen molar-refractivity contribution in [3.63, 3.8) is 0 Å². The zero-order valence-corrected chi connectivity index (χ0v) is 56.9. The van der Waals surface area contributed by atoms with E-state index in [9.17, 15) is 82.1 Å². The number of nitrogens with two attached hydrogens (primary N) is 4. The number of phenols is 1. The molecule has 99 heavy (non-hydrogen) atoms. The Labute approximate surface area is 583 Å². The SMILES string of the molecule is C[C@@H]1NC(=O)[C@@H]2CCCN2C(=O)[C@@H](Cc2cnc[nH]2)NC(=O)[C@@H]2CSSC[C@H](C(N)=O)NC(=O)[C@@H](CC(=O)O)NC(=O)[C@H](Cc3ccccc3)NC(=O)[C@H](CC(N)=O)NC(=O)[C@H](CCCCN)NC(=O)CNC(=O)[C@H](CSSC[C@H](NC(=O)[C@@H](N)Cc3ccc(O)cc3)C(=O)N2)NC1=O. The van der Waals surface area contributed by atoms with Crippen LogP contribution in [0.15, 0.2) is 67.1 Å². The second kappa shape index (κ2) is 39.4. The molecule has 2 bridgehead atoms. The van der Waals surface area contributed by atoms with E-state index < -0.39 is 192 Å². The van der Waals surface area contributed by atoms with Gasteiger partial charge in [0.15, 0.2) is 0 Å². The average Bonchev–Trinajstić information content (AvgIpc) is 1.76. The van der Waals surface area contributed by atoms with Crippen molar-refractivity contribution in [1.82, 2.24) is 73.4 Å². The van der Waals surface area contributed by atoms with E-state index in [1.807, 2.05) is 0 Å². The third kappa shape index (κ3) is 25.6. The first kappa shape index (κ1) is 78.8. The molecule has 3 aromatic rings. The highest BCUT2D eigenvalue weighted by atomic mass is 33.1. The zero-order chi connectivity index (χ0) is 72.3. The number of aromatic nitrogens is 2. The van der Waals surface area contributed by atoms with Crippen LogP contribution in [0.5, 0.6) is 5.75 Å². The molecule has 0 aliphatic carbocycles. The van der Waals surface area contributed by atoms with E-state index in [4.69, 9.17) is 22.9 Å². The summed E-state index contributed by atoms with van der Waals surface area (Å²) in [6.07, 6.45) is 0.808. The molecule has 4 heterocycles. The number of carbonyl (C=O) groups is 15. The number of carboxylic acid groups (broad SMARTS) is 1. The van der Waals surface area contributed by atoms with Crippen molar-refractivity contribution in [1.29, 1.82) is 0 Å². The number of nitrogens with zero attached hydrogens (tertiary/aromatic N) is 2. The maximum Gasteiger partial charge on any atom is 0.305 e. The van der Waals surface area contributed by atoms with Crippen LogP contribution in [0, 0.1) is 0 Å². The minimum Gasteiger partial charge on any atom is -0.508 e. The topological polar surface area (TPSA) is 565 Å². The lowest BCUT2D eigenvalue weighted by molar-refractivity contribution is -0.142. The summed E-state index contributed by atoms with van der Waals surface area (Å²) in [7, 11) is 3.43. The molecule has 35 nitrogen and oxygen atoms in total. The fourth-order valence-electron chi connectivity index (χ4n) is 10.2. The number of primary amides is 2. The van der Waals surface area contributed by atoms with Gasteiger partial charge < -0.3 is 102 Å². The predicted molar refractivity (Wildman–Crippen MR) is 363 cm³/mol. The number of rotatable bonds is 17. The van der Waals surface area contributed by atoms with Crippen LogP contribution in [0.3, 0.4) is 0 Å². The number of nitrogens with one attached hydrogen (secondary N) is 12. The third-order valence-electron chi connectivity index (χ3n) is 15.6. The van der Waals surface area contributed by atoms with Gasteiger partial charge in [0.05, 0.1) is 31.8 Å². The summed E-state index contributed by atoms with van der Waals surface area (Å²) < 4.78 is 0. The maximum atomic E-state index is 14.9. The summed E-state index contributed by atoms with van der Waals surface area (Å²) in [6.45, 7) is 0.595. The number of aromatic hydroxyl groups is 1. The summed E-state index contributed by atoms with van der Waals surface area (Å²) >= 11 is 0. The predicted octanol–water partition coefficient (Wildman–Crippen LogP) is -5.80. The summed E-state index contributed by atoms with van der Waals surface area (Å²) in [5, 5.41) is 47.4. The Hall–Kier alpha value is -9.18. The number of fused-ring (bicyclic) bond motifs is 9. The van der Waals surface area contributed by atoms with Crippen LogP contribution in [0.1, 0.15) is 68.7 Å². The van der Waals surface area contributed by atoms with E-state index in [1.165, 1.54) is 48.6 Å². The molecule has 0 unspecified atom stereocenters. The summed E-state index contributed by atoms with van der Waals surface area (Å²) in [4.78, 5) is 218. The normalized spacial score (nSPS) is 25.6. The Morgan fingerprint density at radius 3 is 1.89 bits per heavy atom. The number of carbonyl (C=O) groups excluding carboxylic acids is 14. The standard InChI is InChI=1S/C60H82N18O17S4/c1-30-50(85)75-42-26-97-99-27-43(76-51(86)35(62)18-32-12-14-34(79)15-13-32)58(93)77-44(57(92)73-40(20-33-23-65-29-67-33)60(95)78-17-7-11-45(78)59(94)68-30)28-98-96-25-41(49(64)84)74-56(91)39(22-48(82)83)72-54(89)37(19-31-8-3-2-4-9-31)70-55(90)38(21-46(63)80)71-53(88)36(10-5-6-16-61)69-47(81)24-66-52(42)87/h2-4,8-9,12-15,23,29-30,35-45,79H,5-7,10-11,16-22,24-28,61-62H2,1H3,(H2,63,80)(H2,64,84)(H,65,67)(H,66,87)(H,68,94)(H,69,81)(H,70,90)(H,71,88)(H,72,89)(H,73,92)(H,74,91)(H,75,85)(H,76,86)(H,77,93)(H,82,83)/t30-,35-,36-,37-,38-,39+,40+,41+,42-,43-,44-,45-/m0/s1. The van der Waals surface area contributed by atoms with Crippen molar-refractivity contribution in [3.05, 3.63) is 83.9 Å². The molecule has 538 valence electrons. The number of aromatic amines is 1. The number of amides is 14. The second-order valence-corrected chi connectivity index (χ2v) is 28.4. The van der Waals surface area contributed by atoms with Crippen molar-refractivity contribution in [3.8, 4) is 5.75 Å². The lowest BCUT2D eigenvalue weighted by Gasteiger charge is -2.31. The number of aliphatic carboxylic acids is 1. The Balaban J connectivity index is 1.44. The number of H-pyrrole nitrogens is 1. The molecule has 3 aliphatic rings. The van der Waals surface area contributed by atoms with E-state index >= 15 is 0 Å². The fraction of sp³-hybridized carbons (Fsp3) is 0.500. The third-order valence-corrected chi connectivity index (χ3v) is 20.4. The number of benzene rings is 2. The van der Waals surface area contributed by atoms with Crippen molar-refractivity contribution < 1.29 is 82.1 Å². The number of hydrogen-bond donors (Lipinski definition) is 18. The number of carboxylic acids is 1. The van der Waals surface area contributed by atoms with Gasteiger partial charge in [0.1, 0.15) is 72.2 Å². The Kier molecular flexibility index (Phi) is 31.4. The molecule has 12 atom stereocenters. The molecule has 0 spiro atoms. The van der Waals surface area contributed by atoms with Gasteiger partial charge in [-0.1, -0.05) is 85.6 Å². The first-order chi connectivity index (χ1) is 47.2. The largest absolute Gasteiger partial charge is 0.508 e. The number of hydrogen-bond acceptors (Lipinski definition) is 23. The highest BCUT2D eigenvalue weighted by Crippen LogP contribution is 2.27. The number of unbranched alkanes of at least 4 members (excludes halogenated alkanes) is 1. The minimum absolute atomic E-state index is 0.00204. The molecular formula is C60H82N18O17S4. The number of imidazole rings is 1. The molecule has 6 rings (SSSR count).